The number of hydrogen-bond donors (Lipinski definition) is 2. The molecule has 73 heavy (non-hydrogen) atoms. The van der Waals surface area contributed by atoms with Crippen LogP contribution in [0.1, 0.15) is 63.8 Å². The summed E-state index contributed by atoms with van der Waals surface area (Å²) in [5, 5.41) is -0.458. The fraction of sp³-hybridized carbons (Fsp3) is 0.469. The van der Waals surface area contributed by atoms with E-state index in [1.807, 2.05) is 119 Å². The van der Waals surface area contributed by atoms with Gasteiger partial charge >= 0.3 is 19.2 Å². The van der Waals surface area contributed by atoms with Crippen LogP contribution in [-0.4, -0.2) is 101 Å². The molecule has 2 aromatic heterocycles. The lowest BCUT2D eigenvalue weighted by Gasteiger charge is -2.41. The van der Waals surface area contributed by atoms with Crippen molar-refractivity contribution in [2.75, 3.05) is 26.9 Å². The van der Waals surface area contributed by atoms with Gasteiger partial charge in [0.1, 0.15) is 54.6 Å². The Kier molecular flexibility index (Phi) is 16.1. The average molecular weight is 1110 g/mol. The fourth-order valence-corrected chi connectivity index (χ4v) is 11.9. The lowest BCUT2D eigenvalue weighted by Crippen LogP contribution is -2.50. The van der Waals surface area contributed by atoms with Crippen LogP contribution in [0.25, 0.3) is 0 Å². The zero-order chi connectivity index (χ0) is 52.7. The Labute approximate surface area is 436 Å². The maximum absolute atomic E-state index is 15.6. The summed E-state index contributed by atoms with van der Waals surface area (Å²) in [4.78, 5) is 55.9. The Morgan fingerprint density at radius 2 is 1.21 bits per heavy atom. The van der Waals surface area contributed by atoms with Gasteiger partial charge in [0.15, 0.2) is 26.6 Å². The van der Waals surface area contributed by atoms with Crippen LogP contribution in [0.4, 0.5) is 0 Å². The SMILES string of the molecule is COc1ccc(C(OC[C@H]2O[C@@H](n3ccc(=O)[nH]c3=O)[C@H](O[Si](C)(C)C(C)(C)C)[C@@H]2OP(=O)(OC[C@H]2O[C@@H](n3ccc(=O)[nH]c3=O)[C@@H]3OC(C)(C)O[C@@H]32)OCC(Cl)(Cl)Cl)(c2ccccc2)c2ccccc2)cc1. The van der Waals surface area contributed by atoms with Gasteiger partial charge in [-0.25, -0.2) is 14.2 Å². The predicted octanol–water partition coefficient (Wildman–Crippen LogP) is 7.71. The largest absolute Gasteiger partial charge is 0.497 e. The molecule has 1 unspecified atom stereocenters. The fourth-order valence-electron chi connectivity index (χ4n) is 8.80. The molecule has 3 aliphatic heterocycles. The number of H-pyrrole nitrogens is 2. The third kappa shape index (κ3) is 12.1. The molecule has 0 radical (unpaired) electrons. The van der Waals surface area contributed by atoms with Crippen molar-refractivity contribution in [2.45, 2.75) is 117 Å². The van der Waals surface area contributed by atoms with Gasteiger partial charge in [0.2, 0.25) is 3.79 Å². The molecule has 8 rings (SSSR count). The summed E-state index contributed by atoms with van der Waals surface area (Å²) in [6.45, 7) is 11.6. The number of halogens is 3. The number of phosphoric acid groups is 1. The molecule has 3 saturated heterocycles. The molecular weight excluding hydrogens is 1050 g/mol. The van der Waals surface area contributed by atoms with E-state index in [0.29, 0.717) is 11.3 Å². The maximum atomic E-state index is 15.6. The maximum Gasteiger partial charge on any atom is 0.475 e. The van der Waals surface area contributed by atoms with E-state index in [4.69, 9.17) is 81.2 Å². The smallest absolute Gasteiger partial charge is 0.475 e. The molecular formula is C49H58Cl3N4O15PSi. The summed E-state index contributed by atoms with van der Waals surface area (Å²) in [6, 6.07) is 28.7. The van der Waals surface area contributed by atoms with Crippen molar-refractivity contribution >= 4 is 50.9 Å². The van der Waals surface area contributed by atoms with Crippen LogP contribution in [0, 0.1) is 0 Å². The zero-order valence-corrected chi connectivity index (χ0v) is 45.4. The van der Waals surface area contributed by atoms with E-state index in [1.165, 1.54) is 12.4 Å². The second-order valence-electron chi connectivity index (χ2n) is 19.7. The molecule has 394 valence electrons. The van der Waals surface area contributed by atoms with Crippen molar-refractivity contribution in [1.29, 1.82) is 0 Å². The van der Waals surface area contributed by atoms with Crippen LogP contribution in [0.15, 0.2) is 129 Å². The Bertz CT molecular complexity index is 2960. The van der Waals surface area contributed by atoms with Crippen molar-refractivity contribution in [2.24, 2.45) is 0 Å². The van der Waals surface area contributed by atoms with Crippen molar-refractivity contribution in [1.82, 2.24) is 19.1 Å². The molecule has 3 fully saturated rings. The standard InChI is InChI=1S/C49H58Cl3N4O15PSi/c1-46(2,3)73(7,8)71-41-39(70-72(61,65-29-48(50,51)52)64-28-35-38-40(69-47(4,5)68-38)42(67-35)55-25-23-36(57)53-44(55)59)34(66-43(41)56-26-24-37(58)54-45(56)60)27-63-49(30-15-11-9-12-16-30,31-17-13-10-14-18-31)32-19-21-33(62-6)22-20-32/h9-26,34-35,38-43H,27-29H2,1-8H3,(H,53,57,59)(H,54,58,60)/t34-,35-,38-,39-,40-,41-,42-,43-,72?/m1/s1. The lowest BCUT2D eigenvalue weighted by atomic mass is 9.80. The third-order valence-corrected chi connectivity index (χ3v) is 19.5. The Balaban J connectivity index is 1.24. The molecule has 0 amide bonds. The summed E-state index contributed by atoms with van der Waals surface area (Å²) >= 11 is 18.7. The monoisotopic (exact) mass is 1110 g/mol. The summed E-state index contributed by atoms with van der Waals surface area (Å²) in [5.74, 6) is -0.571. The number of benzene rings is 3. The summed E-state index contributed by atoms with van der Waals surface area (Å²) in [5.41, 5.74) is -2.12. The third-order valence-electron chi connectivity index (χ3n) is 13.3. The highest BCUT2D eigenvalue weighted by Gasteiger charge is 2.59. The van der Waals surface area contributed by atoms with E-state index in [1.54, 1.807) is 21.0 Å². The molecule has 0 bridgehead atoms. The first-order valence-corrected chi connectivity index (χ1v) is 28.8. The highest BCUT2D eigenvalue weighted by atomic mass is 35.6. The number of aromatic nitrogens is 4. The summed E-state index contributed by atoms with van der Waals surface area (Å²) in [6.07, 6.45) is -7.01. The first-order chi connectivity index (χ1) is 34.3. The number of ether oxygens (including phenoxy) is 6. The van der Waals surface area contributed by atoms with Crippen LogP contribution in [0.3, 0.4) is 0 Å². The number of nitrogens with one attached hydrogen (secondary N) is 2. The number of phosphoric ester groups is 1. The van der Waals surface area contributed by atoms with E-state index in [9.17, 15) is 19.2 Å². The minimum atomic E-state index is -5.07. The van der Waals surface area contributed by atoms with E-state index in [2.05, 4.69) is 9.97 Å². The van der Waals surface area contributed by atoms with Crippen LogP contribution in [0.2, 0.25) is 18.1 Å². The van der Waals surface area contributed by atoms with Gasteiger partial charge in [0.05, 0.1) is 20.3 Å². The minimum absolute atomic E-state index is 0.345. The Hall–Kier alpha value is -4.22. The second-order valence-corrected chi connectivity index (χ2v) is 28.6. The predicted molar refractivity (Wildman–Crippen MR) is 273 cm³/mol. The molecule has 0 spiro atoms. The summed E-state index contributed by atoms with van der Waals surface area (Å²) < 4.78 is 80.1. The first kappa shape index (κ1) is 55.0. The second kappa shape index (κ2) is 21.4. The molecule has 5 heterocycles. The van der Waals surface area contributed by atoms with E-state index in [-0.39, 0.29) is 6.61 Å². The first-order valence-electron chi connectivity index (χ1n) is 23.3. The number of nitrogens with zero attached hydrogens (tertiary/aromatic N) is 2. The average Bonchev–Trinajstić information content (AvgIpc) is 3.95. The van der Waals surface area contributed by atoms with Gasteiger partial charge in [0, 0.05) is 24.5 Å². The van der Waals surface area contributed by atoms with E-state index >= 15 is 4.57 Å². The van der Waals surface area contributed by atoms with E-state index in [0.717, 1.165) is 32.4 Å². The normalized spacial score (nSPS) is 25.1. The number of alkyl halides is 3. The number of hydrogen-bond acceptors (Lipinski definition) is 15. The molecule has 5 aromatic rings. The summed E-state index contributed by atoms with van der Waals surface area (Å²) in [7, 11) is -6.44. The van der Waals surface area contributed by atoms with Gasteiger partial charge in [-0.15, -0.1) is 0 Å². The van der Waals surface area contributed by atoms with Gasteiger partial charge in [-0.05, 0) is 60.8 Å². The number of methoxy groups -OCH3 is 1. The molecule has 0 aliphatic carbocycles. The lowest BCUT2D eigenvalue weighted by molar-refractivity contribution is -0.200. The zero-order valence-electron chi connectivity index (χ0n) is 41.2. The van der Waals surface area contributed by atoms with Crippen LogP contribution < -0.4 is 27.2 Å². The van der Waals surface area contributed by atoms with Gasteiger partial charge in [-0.1, -0.05) is 128 Å². The Morgan fingerprint density at radius 3 is 1.73 bits per heavy atom. The molecule has 3 aromatic carbocycles. The highest BCUT2D eigenvalue weighted by Crippen LogP contribution is 2.57. The van der Waals surface area contributed by atoms with Gasteiger partial charge in [0.25, 0.3) is 11.1 Å². The molecule has 3 aliphatic rings. The van der Waals surface area contributed by atoms with Crippen molar-refractivity contribution in [3.05, 3.63) is 168 Å². The highest BCUT2D eigenvalue weighted by molar-refractivity contribution is 7.48. The topological polar surface area (TPSA) is 219 Å². The van der Waals surface area contributed by atoms with Crippen molar-refractivity contribution < 1.29 is 51.0 Å². The quantitative estimate of drug-likeness (QED) is 0.0372. The van der Waals surface area contributed by atoms with Crippen LogP contribution >= 0.6 is 42.6 Å². The molecule has 2 N–H and O–H groups in total. The molecule has 9 atom stereocenters. The Morgan fingerprint density at radius 1 is 0.685 bits per heavy atom. The minimum Gasteiger partial charge on any atom is -0.497 e. The molecule has 19 nitrogen and oxygen atoms in total. The molecule has 0 saturated carbocycles. The van der Waals surface area contributed by atoms with Gasteiger partial charge in [-0.3, -0.25) is 42.3 Å². The van der Waals surface area contributed by atoms with Gasteiger partial charge < -0.3 is 32.8 Å². The van der Waals surface area contributed by atoms with Crippen LogP contribution in [-0.2, 0) is 51.8 Å². The number of fused-ring (bicyclic) bond motifs is 1. The van der Waals surface area contributed by atoms with Crippen molar-refractivity contribution in [3.8, 4) is 5.75 Å². The van der Waals surface area contributed by atoms with Crippen LogP contribution in [0.5, 0.6) is 5.75 Å². The number of aromatic amines is 2. The number of rotatable bonds is 18. The molecule has 24 heteroatoms. The van der Waals surface area contributed by atoms with E-state index < -0.39 is 121 Å². The van der Waals surface area contributed by atoms with Gasteiger partial charge in [-0.2, -0.15) is 0 Å². The van der Waals surface area contributed by atoms with Crippen molar-refractivity contribution in [3.63, 3.8) is 0 Å².